The molecule has 1 rings (SSSR count). The van der Waals surface area contributed by atoms with Crippen LogP contribution >= 0.6 is 0 Å². The van der Waals surface area contributed by atoms with E-state index in [-0.39, 0.29) is 25.3 Å². The SMILES string of the molecule is CC(C)C[C@H](NC(=O)[C@H](CCC(=O)O)NC(=O)[C@@H]([NH3+])CC(N)=O)C(=O)N[C@@H](CC(N)=O)C(=O)N[C@@H](CC(N)=O)C(=O)N[C@@H](CC(N)=O)C(=O)N[C@@H](C)C(=O)N1CCC[C@H]1C(=O)O. The Morgan fingerprint density at radius 2 is 0.968 bits per heavy atom. The molecule has 1 fully saturated rings. The van der Waals surface area contributed by atoms with Crippen LogP contribution in [0.15, 0.2) is 0 Å². The molecule has 11 amide bonds. The van der Waals surface area contributed by atoms with Gasteiger partial charge in [-0.05, 0) is 38.5 Å². The monoisotopic (exact) mass is 885 g/mol. The molecule has 27 heteroatoms. The third kappa shape index (κ3) is 18.6. The molecule has 1 heterocycles. The molecule has 0 aromatic rings. The summed E-state index contributed by atoms with van der Waals surface area (Å²) in [5.41, 5.74) is 24.5. The minimum Gasteiger partial charge on any atom is -0.481 e. The van der Waals surface area contributed by atoms with E-state index >= 15 is 0 Å². The van der Waals surface area contributed by atoms with Crippen LogP contribution in [-0.2, 0) is 62.3 Å². The molecule has 1 aliphatic rings. The van der Waals surface area contributed by atoms with Crippen molar-refractivity contribution in [3.05, 3.63) is 0 Å². The van der Waals surface area contributed by atoms with Crippen molar-refractivity contribution in [1.82, 2.24) is 36.8 Å². The van der Waals surface area contributed by atoms with Crippen molar-refractivity contribution < 1.29 is 78.3 Å². The van der Waals surface area contributed by atoms with Crippen LogP contribution in [0.4, 0.5) is 0 Å². The van der Waals surface area contributed by atoms with Crippen LogP contribution in [0.25, 0.3) is 0 Å². The van der Waals surface area contributed by atoms with Gasteiger partial charge in [-0.15, -0.1) is 0 Å². The number of nitrogens with zero attached hydrogens (tertiary/aromatic N) is 1. The standard InChI is InChI=1S/C35H56N12O15/c1-14(2)9-18(43-29(55)17(6-7-27(52)53)42-28(54)16(36)10-23(37)48)31(57)45-20(12-25(39)50)33(59)46-21(13-26(40)51)32(58)44-19(11-24(38)49)30(56)41-15(3)34(60)47-8-4-5-22(47)35(61)62/h14-22H,4-13,36H2,1-3H3,(H2,37,48)(H2,38,49)(H2,39,50)(H2,40,51)(H,41,56)(H,42,54)(H,43,55)(H,44,58)(H,45,57)(H,46,59)(H,52,53)(H,61,62)/p+1/t15-,16-,17-,18-,19-,20-,21-,22-/m0/s1. The van der Waals surface area contributed by atoms with Gasteiger partial charge >= 0.3 is 11.9 Å². The maximum Gasteiger partial charge on any atom is 0.326 e. The van der Waals surface area contributed by atoms with E-state index in [4.69, 9.17) is 22.9 Å². The Morgan fingerprint density at radius 3 is 1.37 bits per heavy atom. The summed E-state index contributed by atoms with van der Waals surface area (Å²) in [7, 11) is 0. The Bertz CT molecular complexity index is 1760. The highest BCUT2D eigenvalue weighted by Gasteiger charge is 2.38. The summed E-state index contributed by atoms with van der Waals surface area (Å²) in [5.74, 6) is -15.0. The normalized spacial score (nSPS) is 16.7. The second kappa shape index (κ2) is 25.0. The average molecular weight is 886 g/mol. The van der Waals surface area contributed by atoms with Crippen LogP contribution in [0.2, 0.25) is 0 Å². The van der Waals surface area contributed by atoms with E-state index in [9.17, 15) is 72.5 Å². The summed E-state index contributed by atoms with van der Waals surface area (Å²) < 4.78 is 0. The Labute approximate surface area is 354 Å². The van der Waals surface area contributed by atoms with Crippen molar-refractivity contribution in [3.63, 3.8) is 0 Å². The van der Waals surface area contributed by atoms with Gasteiger partial charge in [-0.1, -0.05) is 13.8 Å². The molecule has 346 valence electrons. The zero-order valence-electron chi connectivity index (χ0n) is 34.4. The summed E-state index contributed by atoms with van der Waals surface area (Å²) in [4.78, 5) is 164. The predicted molar refractivity (Wildman–Crippen MR) is 208 cm³/mol. The predicted octanol–water partition coefficient (Wildman–Crippen LogP) is -7.99. The molecule has 8 atom stereocenters. The lowest BCUT2D eigenvalue weighted by atomic mass is 10.0. The fourth-order valence-corrected chi connectivity index (χ4v) is 6.10. The highest BCUT2D eigenvalue weighted by molar-refractivity contribution is 6.00. The zero-order valence-corrected chi connectivity index (χ0v) is 34.4. The van der Waals surface area contributed by atoms with Crippen molar-refractivity contribution >= 4 is 76.9 Å². The van der Waals surface area contributed by atoms with Crippen LogP contribution < -0.4 is 60.6 Å². The van der Waals surface area contributed by atoms with E-state index in [1.54, 1.807) is 13.8 Å². The lowest BCUT2D eigenvalue weighted by Gasteiger charge is -2.28. The number of hydrogen-bond acceptors (Lipinski definition) is 13. The molecule has 0 spiro atoms. The molecular weight excluding hydrogens is 828 g/mol. The first kappa shape index (κ1) is 53.1. The first-order valence-corrected chi connectivity index (χ1v) is 19.3. The van der Waals surface area contributed by atoms with Gasteiger partial charge in [0.2, 0.25) is 59.1 Å². The Morgan fingerprint density at radius 1 is 0.581 bits per heavy atom. The van der Waals surface area contributed by atoms with Crippen molar-refractivity contribution in [3.8, 4) is 0 Å². The number of nitrogens with one attached hydrogen (secondary N) is 6. The van der Waals surface area contributed by atoms with Crippen LogP contribution in [0.5, 0.6) is 0 Å². The molecule has 0 radical (unpaired) electrons. The number of carboxylic acids is 2. The van der Waals surface area contributed by atoms with E-state index in [0.717, 1.165) is 4.90 Å². The molecule has 62 heavy (non-hydrogen) atoms. The zero-order chi connectivity index (χ0) is 47.6. The van der Waals surface area contributed by atoms with Crippen molar-refractivity contribution in [2.24, 2.45) is 28.9 Å². The number of likely N-dealkylation sites (tertiary alicyclic amines) is 1. The Balaban J connectivity index is 3.33. The summed E-state index contributed by atoms with van der Waals surface area (Å²) in [5, 5.41) is 32.0. The second-order valence-electron chi connectivity index (χ2n) is 15.0. The highest BCUT2D eigenvalue weighted by atomic mass is 16.4. The molecule has 0 bridgehead atoms. The van der Waals surface area contributed by atoms with Crippen molar-refractivity contribution in [2.45, 2.75) is 127 Å². The second-order valence-corrected chi connectivity index (χ2v) is 15.0. The van der Waals surface area contributed by atoms with E-state index in [0.29, 0.717) is 6.42 Å². The highest BCUT2D eigenvalue weighted by Crippen LogP contribution is 2.18. The van der Waals surface area contributed by atoms with Gasteiger partial charge in [-0.3, -0.25) is 57.5 Å². The van der Waals surface area contributed by atoms with Crippen LogP contribution in [0, 0.1) is 5.92 Å². The molecule has 0 unspecified atom stereocenters. The van der Waals surface area contributed by atoms with Gasteiger partial charge in [0.25, 0.3) is 5.91 Å². The molecule has 19 N–H and O–H groups in total. The van der Waals surface area contributed by atoms with Crippen molar-refractivity contribution in [2.75, 3.05) is 6.54 Å². The van der Waals surface area contributed by atoms with E-state index in [2.05, 4.69) is 37.6 Å². The quantitative estimate of drug-likeness (QED) is 0.0364. The first-order chi connectivity index (χ1) is 28.7. The molecule has 1 saturated heterocycles. The lowest BCUT2D eigenvalue weighted by Crippen LogP contribution is -2.70. The van der Waals surface area contributed by atoms with Crippen LogP contribution in [0.1, 0.15) is 78.6 Å². The largest absolute Gasteiger partial charge is 0.481 e. The van der Waals surface area contributed by atoms with Crippen LogP contribution in [0.3, 0.4) is 0 Å². The number of primary amides is 4. The maximum atomic E-state index is 13.6. The molecule has 0 aromatic heterocycles. The fourth-order valence-electron chi connectivity index (χ4n) is 6.10. The number of amides is 11. The molecular formula is C35H57N12O15+. The van der Waals surface area contributed by atoms with Gasteiger partial charge < -0.3 is 75.7 Å². The Kier molecular flexibility index (Phi) is 21.4. The van der Waals surface area contributed by atoms with Gasteiger partial charge in [0.1, 0.15) is 42.3 Å². The molecule has 0 saturated carbocycles. The number of rotatable bonds is 27. The van der Waals surface area contributed by atoms with Gasteiger partial charge in [0.15, 0.2) is 6.04 Å². The summed E-state index contributed by atoms with van der Waals surface area (Å²) in [6, 6.07) is -12.6. The summed E-state index contributed by atoms with van der Waals surface area (Å²) >= 11 is 0. The molecule has 1 aliphatic heterocycles. The third-order valence-corrected chi connectivity index (χ3v) is 9.10. The minimum absolute atomic E-state index is 0.0865. The average Bonchev–Trinajstić information content (AvgIpc) is 3.64. The number of carboxylic acid groups (broad SMARTS) is 2. The number of carbonyl (C=O) groups is 13. The smallest absolute Gasteiger partial charge is 0.326 e. The fraction of sp³-hybridized carbons (Fsp3) is 0.629. The number of carbonyl (C=O) groups excluding carboxylic acids is 11. The maximum absolute atomic E-state index is 13.6. The lowest BCUT2D eigenvalue weighted by molar-refractivity contribution is -0.402. The van der Waals surface area contributed by atoms with Crippen molar-refractivity contribution in [1.29, 1.82) is 0 Å². The molecule has 0 aliphatic carbocycles. The number of hydrogen-bond donors (Lipinski definition) is 13. The van der Waals surface area contributed by atoms with Gasteiger partial charge in [-0.2, -0.15) is 0 Å². The van der Waals surface area contributed by atoms with E-state index in [1.807, 2.05) is 0 Å². The molecule has 27 nitrogen and oxygen atoms in total. The van der Waals surface area contributed by atoms with Gasteiger partial charge in [0, 0.05) is 13.0 Å². The summed E-state index contributed by atoms with van der Waals surface area (Å²) in [6.45, 7) is 4.59. The minimum atomic E-state index is -1.95. The first-order valence-electron chi connectivity index (χ1n) is 19.3. The summed E-state index contributed by atoms with van der Waals surface area (Å²) in [6.07, 6.45) is -3.95. The third-order valence-electron chi connectivity index (χ3n) is 9.10. The number of aliphatic carboxylic acids is 2. The van der Waals surface area contributed by atoms with E-state index in [1.165, 1.54) is 6.92 Å². The van der Waals surface area contributed by atoms with E-state index < -0.39 is 164 Å². The number of quaternary nitrogens is 1. The Hall–Kier alpha value is -6.93. The van der Waals surface area contributed by atoms with Gasteiger partial charge in [0.05, 0.1) is 25.7 Å². The van der Waals surface area contributed by atoms with Gasteiger partial charge in [-0.25, -0.2) is 4.79 Å². The molecule has 0 aromatic carbocycles. The number of nitrogens with two attached hydrogens (primary N) is 4. The topological polar surface area (TPSA) is 470 Å². The van der Waals surface area contributed by atoms with Crippen LogP contribution in [-0.4, -0.2) is 147 Å².